The van der Waals surface area contributed by atoms with Gasteiger partial charge in [-0.1, -0.05) is 0 Å². The summed E-state index contributed by atoms with van der Waals surface area (Å²) in [6, 6.07) is 0. The standard InChI is InChI=1S/C6H11NO3/c1-9-4-3-7-6(8)5(4)10-2/h4-5H,3H2,1-2H3,(H,7,8)/t4-,5-/m1/s1. The Morgan fingerprint density at radius 1 is 1.50 bits per heavy atom. The zero-order chi connectivity index (χ0) is 7.56. The van der Waals surface area contributed by atoms with Gasteiger partial charge < -0.3 is 14.8 Å². The van der Waals surface area contributed by atoms with E-state index in [1.54, 1.807) is 7.11 Å². The predicted octanol–water partition coefficient (Wildman–Crippen LogP) is -0.854. The fourth-order valence-corrected chi connectivity index (χ4v) is 1.04. The van der Waals surface area contributed by atoms with Crippen LogP contribution in [0.2, 0.25) is 0 Å². The lowest BCUT2D eigenvalue weighted by Crippen LogP contribution is -2.31. The van der Waals surface area contributed by atoms with E-state index in [1.165, 1.54) is 7.11 Å². The number of nitrogens with one attached hydrogen (secondary N) is 1. The molecule has 0 aromatic carbocycles. The van der Waals surface area contributed by atoms with E-state index in [9.17, 15) is 4.79 Å². The molecule has 0 bridgehead atoms. The van der Waals surface area contributed by atoms with Crippen LogP contribution >= 0.6 is 0 Å². The minimum Gasteiger partial charge on any atom is -0.376 e. The molecular formula is C6H11NO3. The van der Waals surface area contributed by atoms with Gasteiger partial charge in [-0.15, -0.1) is 0 Å². The van der Waals surface area contributed by atoms with E-state index < -0.39 is 6.10 Å². The van der Waals surface area contributed by atoms with Crippen LogP contribution in [0.25, 0.3) is 0 Å². The van der Waals surface area contributed by atoms with Crippen LogP contribution in [0.15, 0.2) is 0 Å². The minimum absolute atomic E-state index is 0.0886. The SMILES string of the molecule is CO[C@@H]1CNC(=O)[C@@H]1OC. The first-order valence-electron chi connectivity index (χ1n) is 3.13. The molecule has 1 amide bonds. The highest BCUT2D eigenvalue weighted by atomic mass is 16.5. The van der Waals surface area contributed by atoms with Crippen LogP contribution in [0, 0.1) is 0 Å². The van der Waals surface area contributed by atoms with E-state index >= 15 is 0 Å². The second-order valence-electron chi connectivity index (χ2n) is 2.18. The molecule has 0 aliphatic carbocycles. The Morgan fingerprint density at radius 3 is 2.60 bits per heavy atom. The van der Waals surface area contributed by atoms with Gasteiger partial charge in [0.05, 0.1) is 0 Å². The van der Waals surface area contributed by atoms with Gasteiger partial charge in [0.15, 0.2) is 6.10 Å². The number of hydrogen-bond donors (Lipinski definition) is 1. The molecule has 1 N–H and O–H groups in total. The number of rotatable bonds is 2. The molecule has 0 unspecified atom stereocenters. The number of methoxy groups -OCH3 is 2. The average molecular weight is 145 g/mol. The van der Waals surface area contributed by atoms with Gasteiger partial charge in [0, 0.05) is 20.8 Å². The van der Waals surface area contributed by atoms with Crippen molar-refractivity contribution in [3.05, 3.63) is 0 Å². The lowest BCUT2D eigenvalue weighted by atomic mass is 10.2. The van der Waals surface area contributed by atoms with Crippen molar-refractivity contribution in [1.29, 1.82) is 0 Å². The van der Waals surface area contributed by atoms with E-state index in [-0.39, 0.29) is 12.0 Å². The van der Waals surface area contributed by atoms with Gasteiger partial charge in [0.1, 0.15) is 6.10 Å². The third kappa shape index (κ3) is 1.12. The molecule has 1 rings (SSSR count). The molecule has 1 heterocycles. The average Bonchev–Trinajstić information content (AvgIpc) is 2.30. The van der Waals surface area contributed by atoms with Crippen LogP contribution in [-0.2, 0) is 14.3 Å². The summed E-state index contributed by atoms with van der Waals surface area (Å²) in [6.45, 7) is 0.549. The van der Waals surface area contributed by atoms with Crippen LogP contribution < -0.4 is 5.32 Å². The lowest BCUT2D eigenvalue weighted by molar-refractivity contribution is -0.131. The zero-order valence-electron chi connectivity index (χ0n) is 6.09. The molecule has 1 fully saturated rings. The van der Waals surface area contributed by atoms with Crippen molar-refractivity contribution < 1.29 is 14.3 Å². The molecule has 0 spiro atoms. The Hall–Kier alpha value is -0.610. The van der Waals surface area contributed by atoms with Crippen LogP contribution in [0.5, 0.6) is 0 Å². The van der Waals surface area contributed by atoms with Gasteiger partial charge in [-0.05, 0) is 0 Å². The first-order chi connectivity index (χ1) is 4.79. The number of hydrogen-bond acceptors (Lipinski definition) is 3. The first kappa shape index (κ1) is 7.50. The second-order valence-corrected chi connectivity index (χ2v) is 2.18. The maximum absolute atomic E-state index is 10.9. The number of carbonyl (C=O) groups is 1. The third-order valence-corrected chi connectivity index (χ3v) is 1.63. The smallest absolute Gasteiger partial charge is 0.252 e. The van der Waals surface area contributed by atoms with Gasteiger partial charge in [0.25, 0.3) is 5.91 Å². The molecular weight excluding hydrogens is 134 g/mol. The molecule has 2 atom stereocenters. The van der Waals surface area contributed by atoms with E-state index in [2.05, 4.69) is 5.32 Å². The first-order valence-corrected chi connectivity index (χ1v) is 3.13. The Morgan fingerprint density at radius 2 is 2.20 bits per heavy atom. The Balaban J connectivity index is 2.54. The summed E-state index contributed by atoms with van der Waals surface area (Å²) < 4.78 is 9.87. The van der Waals surface area contributed by atoms with Gasteiger partial charge in [-0.2, -0.15) is 0 Å². The monoisotopic (exact) mass is 145 g/mol. The van der Waals surface area contributed by atoms with Crippen molar-refractivity contribution in [1.82, 2.24) is 5.32 Å². The Bertz CT molecular complexity index is 137. The van der Waals surface area contributed by atoms with Gasteiger partial charge in [-0.25, -0.2) is 0 Å². The van der Waals surface area contributed by atoms with Crippen molar-refractivity contribution in [3.8, 4) is 0 Å². The Labute approximate surface area is 59.5 Å². The molecule has 0 aromatic rings. The van der Waals surface area contributed by atoms with Crippen LogP contribution in [0.4, 0.5) is 0 Å². The van der Waals surface area contributed by atoms with E-state index in [0.717, 1.165) is 0 Å². The van der Waals surface area contributed by atoms with Crippen molar-refractivity contribution in [2.45, 2.75) is 12.2 Å². The Kier molecular flexibility index (Phi) is 2.24. The van der Waals surface area contributed by atoms with E-state index in [0.29, 0.717) is 6.54 Å². The van der Waals surface area contributed by atoms with Crippen LogP contribution in [-0.4, -0.2) is 38.9 Å². The summed E-state index contributed by atoms with van der Waals surface area (Å²) in [5.41, 5.74) is 0. The fraction of sp³-hybridized carbons (Fsp3) is 0.833. The summed E-state index contributed by atoms with van der Waals surface area (Å²) in [7, 11) is 3.07. The van der Waals surface area contributed by atoms with E-state index in [4.69, 9.17) is 9.47 Å². The van der Waals surface area contributed by atoms with Crippen LogP contribution in [0.3, 0.4) is 0 Å². The molecule has 58 valence electrons. The normalized spacial score (nSPS) is 32.4. The molecule has 10 heavy (non-hydrogen) atoms. The lowest BCUT2D eigenvalue weighted by Gasteiger charge is -2.11. The van der Waals surface area contributed by atoms with E-state index in [1.807, 2.05) is 0 Å². The predicted molar refractivity (Wildman–Crippen MR) is 34.6 cm³/mol. The highest BCUT2D eigenvalue weighted by Gasteiger charge is 2.34. The maximum atomic E-state index is 10.9. The summed E-state index contributed by atoms with van der Waals surface area (Å²) in [4.78, 5) is 10.9. The highest BCUT2D eigenvalue weighted by molar-refractivity contribution is 5.83. The van der Waals surface area contributed by atoms with Gasteiger partial charge >= 0.3 is 0 Å². The van der Waals surface area contributed by atoms with Crippen molar-refractivity contribution in [2.24, 2.45) is 0 Å². The summed E-state index contributed by atoms with van der Waals surface area (Å²) in [5.74, 6) is -0.0886. The summed E-state index contributed by atoms with van der Waals surface area (Å²) in [5, 5.41) is 2.63. The molecule has 4 nitrogen and oxygen atoms in total. The number of ether oxygens (including phenoxy) is 2. The van der Waals surface area contributed by atoms with Gasteiger partial charge in [0.2, 0.25) is 0 Å². The maximum Gasteiger partial charge on any atom is 0.252 e. The number of amides is 1. The molecule has 1 saturated heterocycles. The summed E-state index contributed by atoms with van der Waals surface area (Å²) >= 11 is 0. The minimum atomic E-state index is -0.426. The second kappa shape index (κ2) is 2.98. The topological polar surface area (TPSA) is 47.6 Å². The highest BCUT2D eigenvalue weighted by Crippen LogP contribution is 2.07. The zero-order valence-corrected chi connectivity index (χ0v) is 6.09. The van der Waals surface area contributed by atoms with Crippen molar-refractivity contribution in [3.63, 3.8) is 0 Å². The molecule has 1 aliphatic rings. The molecule has 0 radical (unpaired) electrons. The molecule has 1 aliphatic heterocycles. The molecule has 0 aromatic heterocycles. The van der Waals surface area contributed by atoms with Crippen molar-refractivity contribution in [2.75, 3.05) is 20.8 Å². The number of carbonyl (C=O) groups excluding carboxylic acids is 1. The van der Waals surface area contributed by atoms with Crippen LogP contribution in [0.1, 0.15) is 0 Å². The largest absolute Gasteiger partial charge is 0.376 e. The fourth-order valence-electron chi connectivity index (χ4n) is 1.04. The molecule has 0 saturated carbocycles. The quantitative estimate of drug-likeness (QED) is 0.550. The third-order valence-electron chi connectivity index (χ3n) is 1.63. The molecule has 4 heteroatoms. The summed E-state index contributed by atoms with van der Waals surface area (Å²) in [6.07, 6.45) is -0.553. The van der Waals surface area contributed by atoms with Crippen molar-refractivity contribution >= 4 is 5.91 Å². The van der Waals surface area contributed by atoms with Gasteiger partial charge in [-0.3, -0.25) is 4.79 Å².